The van der Waals surface area contributed by atoms with Crippen LogP contribution in [0.15, 0.2) is 42.6 Å². The van der Waals surface area contributed by atoms with E-state index in [9.17, 15) is 4.79 Å². The van der Waals surface area contributed by atoms with Gasteiger partial charge in [-0.3, -0.25) is 4.79 Å². The molecular formula is C17H15ClN2O. The van der Waals surface area contributed by atoms with Crippen molar-refractivity contribution in [3.8, 4) is 0 Å². The van der Waals surface area contributed by atoms with Gasteiger partial charge < -0.3 is 5.32 Å². The first-order chi connectivity index (χ1) is 10.3. The first-order valence-electron chi connectivity index (χ1n) is 7.25. The molecule has 0 spiro atoms. The highest BCUT2D eigenvalue weighted by atomic mass is 35.5. The molecule has 106 valence electrons. The van der Waals surface area contributed by atoms with E-state index in [4.69, 9.17) is 11.6 Å². The van der Waals surface area contributed by atoms with Gasteiger partial charge in [0.1, 0.15) is 0 Å². The number of anilines is 1. The van der Waals surface area contributed by atoms with E-state index in [0.29, 0.717) is 22.7 Å². The van der Waals surface area contributed by atoms with Gasteiger partial charge in [0.15, 0.2) is 5.82 Å². The van der Waals surface area contributed by atoms with E-state index in [2.05, 4.69) is 34.6 Å². The van der Waals surface area contributed by atoms with Crippen LogP contribution in [0.3, 0.4) is 0 Å². The molecule has 0 bridgehead atoms. The third kappa shape index (κ3) is 2.12. The maximum atomic E-state index is 12.5. The van der Waals surface area contributed by atoms with Gasteiger partial charge >= 0.3 is 0 Å². The lowest BCUT2D eigenvalue weighted by Gasteiger charge is -2.13. The highest BCUT2D eigenvalue weighted by Crippen LogP contribution is 2.60. The lowest BCUT2D eigenvalue weighted by molar-refractivity contribution is -0.117. The molecule has 2 aliphatic carbocycles. The molecule has 1 saturated carbocycles. The Labute approximate surface area is 128 Å². The molecule has 1 heterocycles. The van der Waals surface area contributed by atoms with Gasteiger partial charge in [0.25, 0.3) is 0 Å². The molecule has 4 rings (SSSR count). The van der Waals surface area contributed by atoms with Crippen LogP contribution in [-0.4, -0.2) is 10.9 Å². The largest absolute Gasteiger partial charge is 0.309 e. The van der Waals surface area contributed by atoms with E-state index in [1.807, 2.05) is 0 Å². The zero-order valence-electron chi connectivity index (χ0n) is 11.4. The van der Waals surface area contributed by atoms with Crippen molar-refractivity contribution in [2.24, 2.45) is 11.8 Å². The van der Waals surface area contributed by atoms with Crippen LogP contribution in [0.2, 0.25) is 5.02 Å². The molecule has 0 radical (unpaired) electrons. The van der Waals surface area contributed by atoms with E-state index in [1.54, 1.807) is 18.3 Å². The Bertz CT molecular complexity index is 715. The van der Waals surface area contributed by atoms with Crippen LogP contribution in [0.25, 0.3) is 0 Å². The highest BCUT2D eigenvalue weighted by Gasteiger charge is 2.57. The fourth-order valence-electron chi connectivity index (χ4n) is 3.60. The standard InChI is InChI=1S/C17H15ClN2O/c18-13-6-3-9-19-16(13)20-17(21)15-12-8-7-10-4-1-2-5-11(10)14(12)15/h1-6,9,12,14-15H,7-8H2,(H,19,20,21). The first kappa shape index (κ1) is 12.8. The Balaban J connectivity index is 1.55. The normalized spacial score (nSPS) is 25.7. The Kier molecular flexibility index (Phi) is 2.96. The Morgan fingerprint density at radius 3 is 2.95 bits per heavy atom. The number of amides is 1. The fourth-order valence-corrected chi connectivity index (χ4v) is 3.77. The van der Waals surface area contributed by atoms with Gasteiger partial charge in [-0.2, -0.15) is 0 Å². The van der Waals surface area contributed by atoms with E-state index in [-0.39, 0.29) is 11.8 Å². The molecule has 1 amide bonds. The Hall–Kier alpha value is -1.87. The van der Waals surface area contributed by atoms with Crippen molar-refractivity contribution >= 4 is 23.3 Å². The molecule has 0 saturated heterocycles. The number of aryl methyl sites for hydroxylation is 1. The number of fused-ring (bicyclic) bond motifs is 3. The average molecular weight is 299 g/mol. The third-order valence-electron chi connectivity index (χ3n) is 4.63. The molecule has 3 atom stereocenters. The van der Waals surface area contributed by atoms with Crippen LogP contribution in [0, 0.1) is 11.8 Å². The summed E-state index contributed by atoms with van der Waals surface area (Å²) in [7, 11) is 0. The predicted octanol–water partition coefficient (Wildman–Crippen LogP) is 3.65. The molecule has 1 aromatic carbocycles. The van der Waals surface area contributed by atoms with Crippen LogP contribution in [0.4, 0.5) is 5.82 Å². The van der Waals surface area contributed by atoms with Crippen LogP contribution >= 0.6 is 11.6 Å². The second-order valence-corrected chi connectivity index (χ2v) is 6.18. The van der Waals surface area contributed by atoms with Gasteiger partial charge in [0.2, 0.25) is 5.91 Å². The number of halogens is 1. The monoisotopic (exact) mass is 298 g/mol. The molecule has 2 aliphatic rings. The summed E-state index contributed by atoms with van der Waals surface area (Å²) in [4.78, 5) is 16.6. The predicted molar refractivity (Wildman–Crippen MR) is 82.4 cm³/mol. The van der Waals surface area contributed by atoms with Crippen molar-refractivity contribution in [1.29, 1.82) is 0 Å². The minimum atomic E-state index is 0.0438. The summed E-state index contributed by atoms with van der Waals surface area (Å²) in [5.41, 5.74) is 2.74. The summed E-state index contributed by atoms with van der Waals surface area (Å²) >= 11 is 6.05. The summed E-state index contributed by atoms with van der Waals surface area (Å²) in [6, 6.07) is 12.0. The van der Waals surface area contributed by atoms with Gasteiger partial charge in [0.05, 0.1) is 5.02 Å². The minimum Gasteiger partial charge on any atom is -0.309 e. The molecule has 4 heteroatoms. The highest BCUT2D eigenvalue weighted by molar-refractivity contribution is 6.33. The number of nitrogens with zero attached hydrogens (tertiary/aromatic N) is 1. The molecule has 3 unspecified atom stereocenters. The fraction of sp³-hybridized carbons (Fsp3) is 0.294. The van der Waals surface area contributed by atoms with E-state index in [0.717, 1.165) is 12.8 Å². The summed E-state index contributed by atoms with van der Waals surface area (Å²) in [5, 5.41) is 3.36. The van der Waals surface area contributed by atoms with Gasteiger partial charge in [0, 0.05) is 12.1 Å². The smallest absolute Gasteiger partial charge is 0.229 e. The van der Waals surface area contributed by atoms with Gasteiger partial charge in [-0.1, -0.05) is 35.9 Å². The topological polar surface area (TPSA) is 42.0 Å². The van der Waals surface area contributed by atoms with E-state index < -0.39 is 0 Å². The molecular weight excluding hydrogens is 284 g/mol. The zero-order valence-corrected chi connectivity index (χ0v) is 12.2. The van der Waals surface area contributed by atoms with Crippen molar-refractivity contribution in [3.63, 3.8) is 0 Å². The van der Waals surface area contributed by atoms with Crippen LogP contribution < -0.4 is 5.32 Å². The first-order valence-corrected chi connectivity index (χ1v) is 7.62. The summed E-state index contributed by atoms with van der Waals surface area (Å²) in [5.74, 6) is 1.41. The third-order valence-corrected chi connectivity index (χ3v) is 4.94. The van der Waals surface area contributed by atoms with E-state index >= 15 is 0 Å². The zero-order chi connectivity index (χ0) is 14.4. The quantitative estimate of drug-likeness (QED) is 0.919. The number of hydrogen-bond acceptors (Lipinski definition) is 2. The van der Waals surface area contributed by atoms with Crippen molar-refractivity contribution in [1.82, 2.24) is 4.98 Å². The number of nitrogens with one attached hydrogen (secondary N) is 1. The molecule has 0 aliphatic heterocycles. The number of carbonyl (C=O) groups is 1. The number of hydrogen-bond donors (Lipinski definition) is 1. The van der Waals surface area contributed by atoms with Crippen LogP contribution in [0.5, 0.6) is 0 Å². The van der Waals surface area contributed by atoms with Crippen molar-refractivity contribution in [2.45, 2.75) is 18.8 Å². The Morgan fingerprint density at radius 1 is 1.24 bits per heavy atom. The number of aromatic nitrogens is 1. The van der Waals surface area contributed by atoms with Gasteiger partial charge in [-0.05, 0) is 47.9 Å². The second-order valence-electron chi connectivity index (χ2n) is 5.78. The number of rotatable bonds is 2. The molecule has 1 fully saturated rings. The maximum absolute atomic E-state index is 12.5. The van der Waals surface area contributed by atoms with Crippen molar-refractivity contribution in [3.05, 3.63) is 58.7 Å². The number of carbonyl (C=O) groups excluding carboxylic acids is 1. The number of benzene rings is 1. The van der Waals surface area contributed by atoms with Gasteiger partial charge in [-0.15, -0.1) is 0 Å². The van der Waals surface area contributed by atoms with E-state index in [1.165, 1.54) is 11.1 Å². The van der Waals surface area contributed by atoms with Gasteiger partial charge in [-0.25, -0.2) is 4.98 Å². The maximum Gasteiger partial charge on any atom is 0.229 e. The molecule has 3 nitrogen and oxygen atoms in total. The van der Waals surface area contributed by atoms with Crippen molar-refractivity contribution < 1.29 is 4.79 Å². The summed E-state index contributed by atoms with van der Waals surface area (Å²) < 4.78 is 0. The van der Waals surface area contributed by atoms with Crippen molar-refractivity contribution in [2.75, 3.05) is 5.32 Å². The van der Waals surface area contributed by atoms with Crippen LogP contribution in [0.1, 0.15) is 23.5 Å². The minimum absolute atomic E-state index is 0.0438. The summed E-state index contributed by atoms with van der Waals surface area (Å²) in [6.45, 7) is 0. The SMILES string of the molecule is O=C(Nc1ncccc1Cl)C1C2CCc3ccccc3C21. The average Bonchev–Trinajstić information content (AvgIpc) is 3.24. The number of pyridine rings is 1. The lowest BCUT2D eigenvalue weighted by Crippen LogP contribution is -2.16. The van der Waals surface area contributed by atoms with Crippen LogP contribution in [-0.2, 0) is 11.2 Å². The lowest BCUT2D eigenvalue weighted by atomic mass is 9.92. The molecule has 2 aromatic rings. The Morgan fingerprint density at radius 2 is 2.10 bits per heavy atom. The molecule has 1 N–H and O–H groups in total. The molecule has 1 aromatic heterocycles. The molecule has 21 heavy (non-hydrogen) atoms. The summed E-state index contributed by atoms with van der Waals surface area (Å²) in [6.07, 6.45) is 3.80. The second kappa shape index (κ2) is 4.85.